The fraction of sp³-hybridized carbons (Fsp3) is 0.933. The maximum Gasteiger partial charge on any atom is 0.219 e. The Kier molecular flexibility index (Phi) is 4.47. The van der Waals surface area contributed by atoms with E-state index in [1.165, 1.54) is 0 Å². The van der Waals surface area contributed by atoms with Gasteiger partial charge >= 0.3 is 0 Å². The summed E-state index contributed by atoms with van der Waals surface area (Å²) in [6, 6.07) is 0.584. The van der Waals surface area contributed by atoms with Crippen molar-refractivity contribution in [1.82, 2.24) is 9.80 Å². The summed E-state index contributed by atoms with van der Waals surface area (Å²) in [5.74, 6) is 0.214. The highest BCUT2D eigenvalue weighted by Crippen LogP contribution is 2.31. The van der Waals surface area contributed by atoms with Crippen molar-refractivity contribution in [3.05, 3.63) is 0 Å². The Balaban J connectivity index is 2.77. The molecule has 1 rings (SSSR count). The largest absolute Gasteiger partial charge is 0.343 e. The summed E-state index contributed by atoms with van der Waals surface area (Å²) in [6.07, 6.45) is 2.18. The molecule has 1 heterocycles. The molecule has 0 N–H and O–H groups in total. The van der Waals surface area contributed by atoms with Gasteiger partial charge < -0.3 is 4.90 Å². The van der Waals surface area contributed by atoms with Gasteiger partial charge in [0.05, 0.1) is 0 Å². The van der Waals surface area contributed by atoms with Crippen LogP contribution in [0.1, 0.15) is 61.3 Å². The van der Waals surface area contributed by atoms with Crippen LogP contribution in [0.15, 0.2) is 0 Å². The van der Waals surface area contributed by atoms with Gasteiger partial charge in [-0.25, -0.2) is 0 Å². The van der Waals surface area contributed by atoms with Gasteiger partial charge in [-0.05, 0) is 54.4 Å². The molecule has 0 bridgehead atoms. The number of amides is 1. The third-order valence-corrected chi connectivity index (χ3v) is 3.72. The average Bonchev–Trinajstić information content (AvgIpc) is 2.13. The number of piperidine rings is 1. The van der Waals surface area contributed by atoms with Crippen molar-refractivity contribution >= 4 is 5.91 Å². The molecule has 106 valence electrons. The number of likely N-dealkylation sites (tertiary alicyclic amines) is 1. The van der Waals surface area contributed by atoms with Crippen LogP contribution >= 0.6 is 0 Å². The average molecular weight is 254 g/mol. The minimum Gasteiger partial charge on any atom is -0.343 e. The Morgan fingerprint density at radius 3 is 1.67 bits per heavy atom. The molecule has 1 amide bonds. The highest BCUT2D eigenvalue weighted by atomic mass is 16.2. The van der Waals surface area contributed by atoms with E-state index in [4.69, 9.17) is 0 Å². The van der Waals surface area contributed by atoms with E-state index >= 15 is 0 Å². The predicted octanol–water partition coefficient (Wildman–Crippen LogP) is 2.90. The molecule has 0 aliphatic carbocycles. The second-order valence-corrected chi connectivity index (χ2v) is 7.45. The number of hydrogen-bond acceptors (Lipinski definition) is 2. The SMILES string of the molecule is CC(=O)N1CCC(N(C(C)(C)C)C(C)(C)C)CC1. The third-order valence-electron chi connectivity index (χ3n) is 3.72. The van der Waals surface area contributed by atoms with E-state index in [0.717, 1.165) is 25.9 Å². The summed E-state index contributed by atoms with van der Waals surface area (Å²) in [4.78, 5) is 16.0. The number of carbonyl (C=O) groups excluding carboxylic acids is 1. The van der Waals surface area contributed by atoms with Crippen LogP contribution < -0.4 is 0 Å². The first-order chi connectivity index (χ1) is 8.03. The first kappa shape index (κ1) is 15.5. The van der Waals surface area contributed by atoms with Crippen molar-refractivity contribution in [2.24, 2.45) is 0 Å². The minimum absolute atomic E-state index is 0.168. The van der Waals surface area contributed by atoms with Crippen LogP contribution in [-0.4, -0.2) is 45.9 Å². The molecule has 1 aliphatic heterocycles. The van der Waals surface area contributed by atoms with Crippen LogP contribution in [0.5, 0.6) is 0 Å². The van der Waals surface area contributed by atoms with Crippen molar-refractivity contribution in [2.45, 2.75) is 78.4 Å². The zero-order valence-electron chi connectivity index (χ0n) is 13.2. The van der Waals surface area contributed by atoms with Crippen LogP contribution in [-0.2, 0) is 4.79 Å². The van der Waals surface area contributed by atoms with Crippen LogP contribution in [0.4, 0.5) is 0 Å². The van der Waals surface area contributed by atoms with E-state index in [-0.39, 0.29) is 17.0 Å². The molecular weight excluding hydrogens is 224 g/mol. The fourth-order valence-electron chi connectivity index (χ4n) is 3.54. The molecule has 0 aromatic rings. The molecule has 0 unspecified atom stereocenters. The van der Waals surface area contributed by atoms with Gasteiger partial charge in [0.1, 0.15) is 0 Å². The maximum atomic E-state index is 11.4. The molecule has 1 saturated heterocycles. The van der Waals surface area contributed by atoms with E-state index in [9.17, 15) is 4.79 Å². The number of rotatable bonds is 1. The Hall–Kier alpha value is -0.570. The molecule has 0 aromatic carbocycles. The second-order valence-electron chi connectivity index (χ2n) is 7.45. The Labute approximate surface area is 113 Å². The van der Waals surface area contributed by atoms with Crippen molar-refractivity contribution < 1.29 is 4.79 Å². The number of hydrogen-bond donors (Lipinski definition) is 0. The van der Waals surface area contributed by atoms with Crippen molar-refractivity contribution in [3.8, 4) is 0 Å². The second kappa shape index (κ2) is 5.20. The van der Waals surface area contributed by atoms with E-state index < -0.39 is 0 Å². The molecule has 0 radical (unpaired) electrons. The third kappa shape index (κ3) is 3.71. The van der Waals surface area contributed by atoms with E-state index in [2.05, 4.69) is 46.4 Å². The standard InChI is InChI=1S/C15H30N2O/c1-12(18)16-10-8-13(9-11-16)17(14(2,3)4)15(5,6)7/h13H,8-11H2,1-7H3. The molecule has 0 aromatic heterocycles. The summed E-state index contributed by atoms with van der Waals surface area (Å²) < 4.78 is 0. The minimum atomic E-state index is 0.168. The van der Waals surface area contributed by atoms with Gasteiger partial charge in [0, 0.05) is 37.1 Å². The van der Waals surface area contributed by atoms with E-state index in [1.54, 1.807) is 6.92 Å². The lowest BCUT2D eigenvalue weighted by Crippen LogP contribution is -2.60. The quantitative estimate of drug-likeness (QED) is 0.718. The van der Waals surface area contributed by atoms with Crippen molar-refractivity contribution in [1.29, 1.82) is 0 Å². The molecule has 3 nitrogen and oxygen atoms in total. The van der Waals surface area contributed by atoms with Crippen molar-refractivity contribution in [3.63, 3.8) is 0 Å². The zero-order valence-corrected chi connectivity index (χ0v) is 13.2. The van der Waals surface area contributed by atoms with Crippen LogP contribution in [0.2, 0.25) is 0 Å². The molecular formula is C15H30N2O. The smallest absolute Gasteiger partial charge is 0.219 e. The first-order valence-corrected chi connectivity index (χ1v) is 7.08. The van der Waals surface area contributed by atoms with Gasteiger partial charge in [-0.15, -0.1) is 0 Å². The number of carbonyl (C=O) groups is 1. The van der Waals surface area contributed by atoms with Gasteiger partial charge in [0.25, 0.3) is 0 Å². The predicted molar refractivity (Wildman–Crippen MR) is 76.6 cm³/mol. The van der Waals surface area contributed by atoms with E-state index in [1.807, 2.05) is 4.90 Å². The molecule has 0 saturated carbocycles. The zero-order chi connectivity index (χ0) is 14.1. The van der Waals surface area contributed by atoms with Crippen molar-refractivity contribution in [2.75, 3.05) is 13.1 Å². The molecule has 3 heteroatoms. The Bertz CT molecular complexity index is 277. The lowest BCUT2D eigenvalue weighted by atomic mass is 9.89. The van der Waals surface area contributed by atoms with Gasteiger partial charge in [-0.2, -0.15) is 0 Å². The highest BCUT2D eigenvalue weighted by Gasteiger charge is 2.38. The molecule has 1 aliphatic rings. The maximum absolute atomic E-state index is 11.4. The molecule has 1 fully saturated rings. The fourth-order valence-corrected chi connectivity index (χ4v) is 3.54. The lowest BCUT2D eigenvalue weighted by Gasteiger charge is -2.52. The molecule has 0 atom stereocenters. The summed E-state index contributed by atoms with van der Waals surface area (Å²) >= 11 is 0. The normalized spacial score (nSPS) is 19.4. The van der Waals surface area contributed by atoms with Gasteiger partial charge in [-0.3, -0.25) is 9.69 Å². The summed E-state index contributed by atoms with van der Waals surface area (Å²) in [7, 11) is 0. The molecule has 0 spiro atoms. The van der Waals surface area contributed by atoms with Crippen LogP contribution in [0.3, 0.4) is 0 Å². The summed E-state index contributed by atoms with van der Waals surface area (Å²) in [5.41, 5.74) is 0.336. The van der Waals surface area contributed by atoms with Gasteiger partial charge in [-0.1, -0.05) is 0 Å². The summed E-state index contributed by atoms with van der Waals surface area (Å²) in [5, 5.41) is 0. The van der Waals surface area contributed by atoms with Crippen LogP contribution in [0.25, 0.3) is 0 Å². The summed E-state index contributed by atoms with van der Waals surface area (Å²) in [6.45, 7) is 17.2. The highest BCUT2D eigenvalue weighted by molar-refractivity contribution is 5.73. The topological polar surface area (TPSA) is 23.6 Å². The monoisotopic (exact) mass is 254 g/mol. The first-order valence-electron chi connectivity index (χ1n) is 7.08. The Morgan fingerprint density at radius 1 is 1.00 bits per heavy atom. The number of nitrogens with zero attached hydrogens (tertiary/aromatic N) is 2. The Morgan fingerprint density at radius 2 is 1.39 bits per heavy atom. The molecule has 18 heavy (non-hydrogen) atoms. The van der Waals surface area contributed by atoms with Gasteiger partial charge in [0.15, 0.2) is 0 Å². The lowest BCUT2D eigenvalue weighted by molar-refractivity contribution is -0.131. The van der Waals surface area contributed by atoms with Gasteiger partial charge in [0.2, 0.25) is 5.91 Å². The van der Waals surface area contributed by atoms with E-state index in [0.29, 0.717) is 6.04 Å². The van der Waals surface area contributed by atoms with Crippen LogP contribution in [0, 0.1) is 0 Å².